The van der Waals surface area contributed by atoms with Gasteiger partial charge >= 0.3 is 5.69 Å². The number of halogens is 1. The zero-order chi connectivity index (χ0) is 14.9. The summed E-state index contributed by atoms with van der Waals surface area (Å²) in [6.07, 6.45) is 1.51. The third-order valence-electron chi connectivity index (χ3n) is 2.67. The van der Waals surface area contributed by atoms with Crippen LogP contribution in [-0.4, -0.2) is 25.6 Å². The van der Waals surface area contributed by atoms with Crippen LogP contribution < -0.4 is 5.32 Å². The van der Waals surface area contributed by atoms with Gasteiger partial charge in [0.25, 0.3) is 5.91 Å². The Labute approximate surface area is 122 Å². The molecule has 2 aromatic rings. The molecule has 0 spiro atoms. The molecule has 0 aliphatic rings. The first kappa shape index (κ1) is 14.1. The maximum absolute atomic E-state index is 12.0. The van der Waals surface area contributed by atoms with Crippen molar-refractivity contribution in [3.05, 3.63) is 44.3 Å². The van der Waals surface area contributed by atoms with E-state index in [0.29, 0.717) is 5.69 Å². The fourth-order valence-corrected chi connectivity index (χ4v) is 1.83. The number of aryl methyl sites for hydroxylation is 1. The van der Waals surface area contributed by atoms with Gasteiger partial charge in [-0.3, -0.25) is 19.6 Å². The highest BCUT2D eigenvalue weighted by atomic mass is 79.9. The number of aromatic nitrogens is 3. The van der Waals surface area contributed by atoms with Crippen molar-refractivity contribution in [2.75, 3.05) is 5.32 Å². The van der Waals surface area contributed by atoms with Crippen LogP contribution in [0, 0.1) is 17.0 Å². The lowest BCUT2D eigenvalue weighted by Gasteiger charge is -2.01. The third kappa shape index (κ3) is 2.67. The number of anilines is 1. The Morgan fingerprint density at radius 2 is 2.20 bits per heavy atom. The Morgan fingerprint density at radius 3 is 2.75 bits per heavy atom. The second-order valence-corrected chi connectivity index (χ2v) is 4.89. The van der Waals surface area contributed by atoms with Gasteiger partial charge in [-0.05, 0) is 35.0 Å². The smallest absolute Gasteiger partial charge is 0.305 e. The number of amides is 1. The normalized spacial score (nSPS) is 10.3. The summed E-state index contributed by atoms with van der Waals surface area (Å²) in [7, 11) is 1.54. The largest absolute Gasteiger partial charge is 0.322 e. The molecule has 0 radical (unpaired) electrons. The monoisotopic (exact) mass is 339 g/mol. The number of nitro groups is 1. The average Bonchev–Trinajstić information content (AvgIpc) is 2.69. The van der Waals surface area contributed by atoms with Gasteiger partial charge in [0.1, 0.15) is 11.5 Å². The lowest BCUT2D eigenvalue weighted by molar-refractivity contribution is -0.385. The summed E-state index contributed by atoms with van der Waals surface area (Å²) in [6, 6.07) is 3.27. The van der Waals surface area contributed by atoms with E-state index >= 15 is 0 Å². The molecule has 0 unspecified atom stereocenters. The molecule has 1 N–H and O–H groups in total. The van der Waals surface area contributed by atoms with Gasteiger partial charge in [0.05, 0.1) is 4.92 Å². The standard InChI is InChI=1S/C11H10BrN5O3/c1-6-10(17(19)20)9(15-16(6)2)11(18)14-8-4-3-7(12)5-13-8/h3-5H,1-2H3,(H,13,14,18). The van der Waals surface area contributed by atoms with E-state index < -0.39 is 10.8 Å². The first-order valence-corrected chi connectivity index (χ1v) is 6.30. The fraction of sp³-hybridized carbons (Fsp3) is 0.182. The predicted molar refractivity (Wildman–Crippen MR) is 74.5 cm³/mol. The summed E-state index contributed by atoms with van der Waals surface area (Å²) in [5.41, 5.74) is -0.231. The van der Waals surface area contributed by atoms with Gasteiger partial charge in [0.2, 0.25) is 5.69 Å². The van der Waals surface area contributed by atoms with Crippen LogP contribution >= 0.6 is 15.9 Å². The number of pyridine rings is 1. The number of nitrogens with one attached hydrogen (secondary N) is 1. The van der Waals surface area contributed by atoms with Crippen molar-refractivity contribution in [3.63, 3.8) is 0 Å². The van der Waals surface area contributed by atoms with Crippen LogP contribution in [0.2, 0.25) is 0 Å². The van der Waals surface area contributed by atoms with E-state index in [0.717, 1.165) is 4.47 Å². The van der Waals surface area contributed by atoms with Crippen molar-refractivity contribution >= 4 is 33.3 Å². The predicted octanol–water partition coefficient (Wildman–Crippen LogP) is 2.05. The minimum atomic E-state index is -0.671. The Bertz CT molecular complexity index is 680. The average molecular weight is 340 g/mol. The van der Waals surface area contributed by atoms with Crippen molar-refractivity contribution in [2.45, 2.75) is 6.92 Å². The Kier molecular flexibility index (Phi) is 3.79. The molecule has 2 rings (SSSR count). The number of rotatable bonds is 3. The van der Waals surface area contributed by atoms with Gasteiger partial charge in [-0.15, -0.1) is 0 Å². The summed E-state index contributed by atoms with van der Waals surface area (Å²) < 4.78 is 2.05. The van der Waals surface area contributed by atoms with Gasteiger partial charge in [-0.25, -0.2) is 4.98 Å². The SMILES string of the molecule is Cc1c([N+](=O)[O-])c(C(=O)Nc2ccc(Br)cn2)nn1C. The highest BCUT2D eigenvalue weighted by Crippen LogP contribution is 2.23. The molecule has 0 saturated carbocycles. The van der Waals surface area contributed by atoms with Gasteiger partial charge in [0, 0.05) is 17.7 Å². The molecule has 1 amide bonds. The van der Waals surface area contributed by atoms with Crippen LogP contribution in [0.4, 0.5) is 11.5 Å². The molecule has 0 aromatic carbocycles. The summed E-state index contributed by atoms with van der Waals surface area (Å²) in [5, 5.41) is 17.3. The van der Waals surface area contributed by atoms with Gasteiger partial charge in [0.15, 0.2) is 0 Å². The lowest BCUT2D eigenvalue weighted by atomic mass is 10.3. The molecule has 9 heteroatoms. The van der Waals surface area contributed by atoms with E-state index in [9.17, 15) is 14.9 Å². The molecule has 0 atom stereocenters. The molecule has 0 fully saturated rings. The maximum Gasteiger partial charge on any atom is 0.322 e. The molecule has 2 heterocycles. The maximum atomic E-state index is 12.0. The first-order chi connectivity index (χ1) is 9.40. The van der Waals surface area contributed by atoms with E-state index in [1.807, 2.05) is 0 Å². The van der Waals surface area contributed by atoms with Gasteiger partial charge < -0.3 is 5.32 Å². The Hall–Kier alpha value is -2.29. The molecule has 20 heavy (non-hydrogen) atoms. The Morgan fingerprint density at radius 1 is 1.50 bits per heavy atom. The summed E-state index contributed by atoms with van der Waals surface area (Å²) in [4.78, 5) is 26.4. The van der Waals surface area contributed by atoms with E-state index in [1.54, 1.807) is 12.1 Å². The summed E-state index contributed by atoms with van der Waals surface area (Å²) >= 11 is 3.22. The molecular weight excluding hydrogens is 330 g/mol. The van der Waals surface area contributed by atoms with Crippen LogP contribution in [0.15, 0.2) is 22.8 Å². The van der Waals surface area contributed by atoms with Crippen molar-refractivity contribution in [1.82, 2.24) is 14.8 Å². The first-order valence-electron chi connectivity index (χ1n) is 5.51. The van der Waals surface area contributed by atoms with Gasteiger partial charge in [-0.2, -0.15) is 5.10 Å². The van der Waals surface area contributed by atoms with Crippen LogP contribution in [0.25, 0.3) is 0 Å². The second-order valence-electron chi connectivity index (χ2n) is 3.98. The molecule has 104 valence electrons. The fourth-order valence-electron chi connectivity index (χ4n) is 1.59. The van der Waals surface area contributed by atoms with E-state index in [-0.39, 0.29) is 17.2 Å². The molecule has 2 aromatic heterocycles. The number of nitrogens with zero attached hydrogens (tertiary/aromatic N) is 4. The lowest BCUT2D eigenvalue weighted by Crippen LogP contribution is -2.15. The van der Waals surface area contributed by atoms with E-state index in [4.69, 9.17) is 0 Å². The highest BCUT2D eigenvalue weighted by molar-refractivity contribution is 9.10. The minimum Gasteiger partial charge on any atom is -0.305 e. The zero-order valence-electron chi connectivity index (χ0n) is 10.6. The second kappa shape index (κ2) is 5.37. The van der Waals surface area contributed by atoms with Crippen molar-refractivity contribution in [1.29, 1.82) is 0 Å². The Balaban J connectivity index is 2.32. The van der Waals surface area contributed by atoms with Crippen molar-refractivity contribution in [2.24, 2.45) is 7.05 Å². The van der Waals surface area contributed by atoms with Crippen LogP contribution in [0.5, 0.6) is 0 Å². The highest BCUT2D eigenvalue weighted by Gasteiger charge is 2.29. The van der Waals surface area contributed by atoms with Gasteiger partial charge in [-0.1, -0.05) is 0 Å². The molecule has 0 aliphatic heterocycles. The molecule has 0 bridgehead atoms. The molecular formula is C11H10BrN5O3. The van der Waals surface area contributed by atoms with Crippen LogP contribution in [0.3, 0.4) is 0 Å². The van der Waals surface area contributed by atoms with E-state index in [2.05, 4.69) is 31.3 Å². The third-order valence-corrected chi connectivity index (χ3v) is 3.14. The van der Waals surface area contributed by atoms with E-state index in [1.165, 1.54) is 24.9 Å². The van der Waals surface area contributed by atoms with Crippen LogP contribution in [-0.2, 0) is 7.05 Å². The molecule has 0 saturated heterocycles. The summed E-state index contributed by atoms with van der Waals surface area (Å²) in [6.45, 7) is 1.53. The molecule has 0 aliphatic carbocycles. The number of carbonyl (C=O) groups excluding carboxylic acids is 1. The minimum absolute atomic E-state index is 0.236. The number of hydrogen-bond acceptors (Lipinski definition) is 5. The molecule has 8 nitrogen and oxygen atoms in total. The van der Waals surface area contributed by atoms with Crippen molar-refractivity contribution in [3.8, 4) is 0 Å². The zero-order valence-corrected chi connectivity index (χ0v) is 12.2. The quantitative estimate of drug-likeness (QED) is 0.680. The van der Waals surface area contributed by atoms with Crippen molar-refractivity contribution < 1.29 is 9.72 Å². The van der Waals surface area contributed by atoms with Crippen LogP contribution in [0.1, 0.15) is 16.2 Å². The number of carbonyl (C=O) groups is 1. The number of hydrogen-bond donors (Lipinski definition) is 1. The topological polar surface area (TPSA) is 103 Å². The summed E-state index contributed by atoms with van der Waals surface area (Å²) in [5.74, 6) is -0.383.